The van der Waals surface area contributed by atoms with Gasteiger partial charge in [0.15, 0.2) is 0 Å². The highest BCUT2D eigenvalue weighted by Gasteiger charge is 2.10. The van der Waals surface area contributed by atoms with Crippen LogP contribution in [0.15, 0.2) is 46.9 Å². The highest BCUT2D eigenvalue weighted by Crippen LogP contribution is 2.23. The quantitative estimate of drug-likeness (QED) is 0.518. The van der Waals surface area contributed by atoms with E-state index < -0.39 is 10.8 Å². The topological polar surface area (TPSA) is 94.6 Å². The average Bonchev–Trinajstić information content (AvgIpc) is 2.95. The molecule has 1 N–H and O–H groups in total. The first-order chi connectivity index (χ1) is 10.1. The Hall–Kier alpha value is -3.09. The van der Waals surface area contributed by atoms with Gasteiger partial charge >= 0.3 is 5.88 Å². The largest absolute Gasteiger partial charge is 0.495 e. The Labute approximate surface area is 120 Å². The maximum atomic E-state index is 11.8. The van der Waals surface area contributed by atoms with Gasteiger partial charge < -0.3 is 14.5 Å². The van der Waals surface area contributed by atoms with E-state index >= 15 is 0 Å². The molecule has 0 bridgehead atoms. The molecule has 0 saturated carbocycles. The molecule has 21 heavy (non-hydrogen) atoms. The van der Waals surface area contributed by atoms with Gasteiger partial charge in [0, 0.05) is 6.08 Å². The van der Waals surface area contributed by atoms with Gasteiger partial charge in [-0.25, -0.2) is 0 Å². The second-order valence-corrected chi connectivity index (χ2v) is 3.96. The summed E-state index contributed by atoms with van der Waals surface area (Å²) in [6.07, 6.45) is 2.56. The predicted molar refractivity (Wildman–Crippen MR) is 76.0 cm³/mol. The van der Waals surface area contributed by atoms with Crippen molar-refractivity contribution in [3.8, 4) is 5.75 Å². The van der Waals surface area contributed by atoms with E-state index in [1.165, 1.54) is 31.4 Å². The summed E-state index contributed by atoms with van der Waals surface area (Å²) in [7, 11) is 1.50. The summed E-state index contributed by atoms with van der Waals surface area (Å²) in [5.74, 6) is -0.0249. The van der Waals surface area contributed by atoms with Crippen molar-refractivity contribution in [3.05, 3.63) is 58.3 Å². The van der Waals surface area contributed by atoms with Gasteiger partial charge in [-0.05, 0) is 24.3 Å². The number of carbonyl (C=O) groups is 1. The van der Waals surface area contributed by atoms with Crippen molar-refractivity contribution in [1.29, 1.82) is 0 Å². The van der Waals surface area contributed by atoms with E-state index in [-0.39, 0.29) is 11.6 Å². The smallest absolute Gasteiger partial charge is 0.433 e. The van der Waals surface area contributed by atoms with Crippen molar-refractivity contribution in [3.63, 3.8) is 0 Å². The molecule has 0 saturated heterocycles. The molecule has 1 aromatic carbocycles. The Balaban J connectivity index is 2.03. The number of carbonyl (C=O) groups excluding carboxylic acids is 1. The lowest BCUT2D eigenvalue weighted by molar-refractivity contribution is -0.402. The number of para-hydroxylation sites is 2. The number of nitrogens with zero attached hydrogens (tertiary/aromatic N) is 1. The molecule has 0 radical (unpaired) electrons. The van der Waals surface area contributed by atoms with E-state index in [0.29, 0.717) is 11.4 Å². The third kappa shape index (κ3) is 3.69. The Morgan fingerprint density at radius 3 is 2.76 bits per heavy atom. The molecule has 0 aliphatic carbocycles. The van der Waals surface area contributed by atoms with Gasteiger partial charge in [0.25, 0.3) is 0 Å². The number of amides is 1. The molecule has 0 fully saturated rings. The summed E-state index contributed by atoms with van der Waals surface area (Å²) in [6.45, 7) is 0. The van der Waals surface area contributed by atoms with Crippen LogP contribution >= 0.6 is 0 Å². The standard InChI is InChI=1S/C14H12N2O5/c1-20-12-5-3-2-4-11(12)15-13(17)8-6-10-7-9-14(21-10)16(18)19/h2-9H,1H3,(H,15,17)/b8-6+. The fourth-order valence-electron chi connectivity index (χ4n) is 1.61. The van der Waals surface area contributed by atoms with Gasteiger partial charge in [-0.3, -0.25) is 14.9 Å². The first-order valence-corrected chi connectivity index (χ1v) is 5.96. The fourth-order valence-corrected chi connectivity index (χ4v) is 1.61. The van der Waals surface area contributed by atoms with Crippen molar-refractivity contribution in [2.75, 3.05) is 12.4 Å². The van der Waals surface area contributed by atoms with Crippen LogP contribution in [-0.2, 0) is 4.79 Å². The number of rotatable bonds is 5. The number of benzene rings is 1. The van der Waals surface area contributed by atoms with Crippen LogP contribution in [0.25, 0.3) is 6.08 Å². The van der Waals surface area contributed by atoms with Crippen molar-refractivity contribution < 1.29 is 18.9 Å². The third-order valence-corrected chi connectivity index (χ3v) is 2.56. The Kier molecular flexibility index (Phi) is 4.35. The number of hydrogen-bond donors (Lipinski definition) is 1. The molecule has 0 atom stereocenters. The molecule has 7 heteroatoms. The molecule has 108 valence electrons. The number of ether oxygens (including phenoxy) is 1. The van der Waals surface area contributed by atoms with Crippen LogP contribution in [0.4, 0.5) is 11.6 Å². The minimum absolute atomic E-state index is 0.219. The van der Waals surface area contributed by atoms with Gasteiger partial charge in [0.05, 0.1) is 18.9 Å². The van der Waals surface area contributed by atoms with E-state index in [0.717, 1.165) is 0 Å². The third-order valence-electron chi connectivity index (χ3n) is 2.56. The van der Waals surface area contributed by atoms with Gasteiger partial charge in [0.2, 0.25) is 5.91 Å². The second-order valence-electron chi connectivity index (χ2n) is 3.96. The lowest BCUT2D eigenvalue weighted by atomic mass is 10.3. The van der Waals surface area contributed by atoms with Crippen LogP contribution in [0, 0.1) is 10.1 Å². The number of methoxy groups -OCH3 is 1. The van der Waals surface area contributed by atoms with Crippen LogP contribution in [0.1, 0.15) is 5.76 Å². The van der Waals surface area contributed by atoms with Crippen molar-refractivity contribution >= 4 is 23.6 Å². The summed E-state index contributed by atoms with van der Waals surface area (Å²) >= 11 is 0. The molecule has 1 heterocycles. The second kappa shape index (κ2) is 6.38. The van der Waals surface area contributed by atoms with Crippen LogP contribution in [0.5, 0.6) is 5.75 Å². The van der Waals surface area contributed by atoms with E-state index in [9.17, 15) is 14.9 Å². The van der Waals surface area contributed by atoms with Gasteiger partial charge in [0.1, 0.15) is 16.4 Å². The molecular weight excluding hydrogens is 276 g/mol. The van der Waals surface area contributed by atoms with Crippen LogP contribution < -0.4 is 10.1 Å². The number of hydrogen-bond acceptors (Lipinski definition) is 5. The van der Waals surface area contributed by atoms with Crippen molar-refractivity contribution in [2.24, 2.45) is 0 Å². The molecule has 0 spiro atoms. The number of anilines is 1. The molecule has 2 aromatic rings. The molecule has 0 unspecified atom stereocenters. The maximum absolute atomic E-state index is 11.8. The first-order valence-electron chi connectivity index (χ1n) is 5.96. The van der Waals surface area contributed by atoms with E-state index in [4.69, 9.17) is 9.15 Å². The van der Waals surface area contributed by atoms with Crippen LogP contribution in [0.3, 0.4) is 0 Å². The molecule has 0 aliphatic rings. The van der Waals surface area contributed by atoms with E-state index in [1.54, 1.807) is 24.3 Å². The van der Waals surface area contributed by atoms with Gasteiger partial charge in [-0.1, -0.05) is 12.1 Å². The molecule has 2 rings (SSSR count). The summed E-state index contributed by atoms with van der Waals surface area (Å²) in [4.78, 5) is 21.6. The lowest BCUT2D eigenvalue weighted by Gasteiger charge is -2.07. The zero-order chi connectivity index (χ0) is 15.2. The minimum atomic E-state index is -0.647. The molecule has 7 nitrogen and oxygen atoms in total. The average molecular weight is 288 g/mol. The van der Waals surface area contributed by atoms with Crippen LogP contribution in [-0.4, -0.2) is 17.9 Å². The Bertz CT molecular complexity index is 690. The van der Waals surface area contributed by atoms with Gasteiger partial charge in [-0.15, -0.1) is 0 Å². The zero-order valence-electron chi connectivity index (χ0n) is 11.1. The lowest BCUT2D eigenvalue weighted by Crippen LogP contribution is -2.08. The zero-order valence-corrected chi connectivity index (χ0v) is 11.1. The van der Waals surface area contributed by atoms with Gasteiger partial charge in [-0.2, -0.15) is 0 Å². The van der Waals surface area contributed by atoms with Crippen LogP contribution in [0.2, 0.25) is 0 Å². The fraction of sp³-hybridized carbons (Fsp3) is 0.0714. The highest BCUT2D eigenvalue weighted by atomic mass is 16.6. The number of furan rings is 1. The summed E-state index contributed by atoms with van der Waals surface area (Å²) in [6, 6.07) is 9.59. The Morgan fingerprint density at radius 2 is 2.10 bits per heavy atom. The molecule has 0 aliphatic heterocycles. The number of nitro groups is 1. The van der Waals surface area contributed by atoms with Crippen molar-refractivity contribution in [2.45, 2.75) is 0 Å². The summed E-state index contributed by atoms with van der Waals surface area (Å²) in [5, 5.41) is 13.1. The molecule has 1 aromatic heterocycles. The highest BCUT2D eigenvalue weighted by molar-refractivity contribution is 6.02. The molecular formula is C14H12N2O5. The monoisotopic (exact) mass is 288 g/mol. The maximum Gasteiger partial charge on any atom is 0.433 e. The van der Waals surface area contributed by atoms with Crippen molar-refractivity contribution in [1.82, 2.24) is 0 Å². The SMILES string of the molecule is COc1ccccc1NC(=O)/C=C/c1ccc([N+](=O)[O-])o1. The van der Waals surface area contributed by atoms with E-state index in [1.807, 2.05) is 0 Å². The summed E-state index contributed by atoms with van der Waals surface area (Å²) in [5.41, 5.74) is 0.528. The predicted octanol–water partition coefficient (Wildman–Crippen LogP) is 2.85. The van der Waals surface area contributed by atoms with E-state index in [2.05, 4.69) is 5.32 Å². The minimum Gasteiger partial charge on any atom is -0.495 e. The Morgan fingerprint density at radius 1 is 1.33 bits per heavy atom. The summed E-state index contributed by atoms with van der Waals surface area (Å²) < 4.78 is 10.0. The first kappa shape index (κ1) is 14.3. The normalized spacial score (nSPS) is 10.5. The molecule has 1 amide bonds. The number of nitrogens with one attached hydrogen (secondary N) is 1.